The molecule has 2 N–H and O–H groups in total. The van der Waals surface area contributed by atoms with Crippen molar-refractivity contribution in [2.75, 3.05) is 52.5 Å². The van der Waals surface area contributed by atoms with Crippen molar-refractivity contribution in [1.29, 1.82) is 0 Å². The van der Waals surface area contributed by atoms with Gasteiger partial charge < -0.3 is 14.8 Å². The van der Waals surface area contributed by atoms with Gasteiger partial charge in [-0.2, -0.15) is 0 Å². The van der Waals surface area contributed by atoms with Gasteiger partial charge in [0, 0.05) is 32.7 Å². The Labute approximate surface area is 137 Å². The number of benzene rings is 1. The third kappa shape index (κ3) is 4.51. The van der Waals surface area contributed by atoms with E-state index in [1.807, 2.05) is 0 Å². The van der Waals surface area contributed by atoms with Crippen molar-refractivity contribution in [3.8, 4) is 0 Å². The molecular weight excluding hydrogens is 292 g/mol. The Kier molecular flexibility index (Phi) is 5.61. The summed E-state index contributed by atoms with van der Waals surface area (Å²) in [6, 6.07) is 6.33. The van der Waals surface area contributed by atoms with E-state index in [1.54, 1.807) is 0 Å². The number of aryl methyl sites for hydroxylation is 1. The summed E-state index contributed by atoms with van der Waals surface area (Å²) in [4.78, 5) is 13.0. The summed E-state index contributed by atoms with van der Waals surface area (Å²) < 4.78 is 5.33. The van der Waals surface area contributed by atoms with Crippen LogP contribution in [0.5, 0.6) is 0 Å². The number of nitrogens with zero attached hydrogens (tertiary/aromatic N) is 3. The lowest BCUT2D eigenvalue weighted by Crippen LogP contribution is -2.46. The van der Waals surface area contributed by atoms with E-state index in [0.29, 0.717) is 13.2 Å². The largest absolute Gasteiger partial charge is 0.394 e. The zero-order chi connectivity index (χ0) is 16.1. The van der Waals surface area contributed by atoms with E-state index in [-0.39, 0.29) is 6.61 Å². The van der Waals surface area contributed by atoms with Gasteiger partial charge in [0.25, 0.3) is 0 Å². The standard InChI is InChI=1S/C17H26N4O2/c1-14-2-3-15-16(12-14)19-17(18-15)13-21-6-4-20(5-7-21)8-10-23-11-9-22/h2-3,12,22H,4-11,13H2,1H3,(H,18,19). The van der Waals surface area contributed by atoms with E-state index in [1.165, 1.54) is 5.56 Å². The first-order chi connectivity index (χ1) is 11.2. The molecule has 0 saturated carbocycles. The molecule has 0 aliphatic carbocycles. The van der Waals surface area contributed by atoms with Gasteiger partial charge in [0.05, 0.1) is 37.4 Å². The minimum absolute atomic E-state index is 0.102. The third-order valence-electron chi connectivity index (χ3n) is 4.31. The number of rotatable bonds is 7. The number of H-pyrrole nitrogens is 1. The van der Waals surface area contributed by atoms with Gasteiger partial charge in [-0.3, -0.25) is 9.80 Å². The van der Waals surface area contributed by atoms with Crippen molar-refractivity contribution in [2.24, 2.45) is 0 Å². The van der Waals surface area contributed by atoms with Gasteiger partial charge >= 0.3 is 0 Å². The number of fused-ring (bicyclic) bond motifs is 1. The highest BCUT2D eigenvalue weighted by Crippen LogP contribution is 2.15. The van der Waals surface area contributed by atoms with Crippen molar-refractivity contribution < 1.29 is 9.84 Å². The molecule has 0 atom stereocenters. The number of aliphatic hydroxyl groups is 1. The molecule has 1 aliphatic heterocycles. The fraction of sp³-hybridized carbons (Fsp3) is 0.588. The molecule has 1 saturated heterocycles. The van der Waals surface area contributed by atoms with Crippen LogP contribution in [0.4, 0.5) is 0 Å². The van der Waals surface area contributed by atoms with E-state index >= 15 is 0 Å². The van der Waals surface area contributed by atoms with Crippen molar-refractivity contribution in [3.63, 3.8) is 0 Å². The summed E-state index contributed by atoms with van der Waals surface area (Å²) in [5, 5.41) is 8.69. The van der Waals surface area contributed by atoms with Gasteiger partial charge in [0.2, 0.25) is 0 Å². The van der Waals surface area contributed by atoms with Crippen LogP contribution in [0.25, 0.3) is 11.0 Å². The topological polar surface area (TPSA) is 64.6 Å². The highest BCUT2D eigenvalue weighted by atomic mass is 16.5. The number of piperazine rings is 1. The Morgan fingerprint density at radius 2 is 1.96 bits per heavy atom. The highest BCUT2D eigenvalue weighted by molar-refractivity contribution is 5.75. The molecule has 126 valence electrons. The molecule has 6 nitrogen and oxygen atoms in total. The molecule has 0 spiro atoms. The minimum atomic E-state index is 0.102. The number of hydrogen-bond acceptors (Lipinski definition) is 5. The van der Waals surface area contributed by atoms with E-state index < -0.39 is 0 Å². The third-order valence-corrected chi connectivity index (χ3v) is 4.31. The van der Waals surface area contributed by atoms with Crippen LogP contribution < -0.4 is 0 Å². The molecule has 1 aromatic heterocycles. The minimum Gasteiger partial charge on any atom is -0.394 e. The van der Waals surface area contributed by atoms with Gasteiger partial charge in [-0.25, -0.2) is 4.98 Å². The quantitative estimate of drug-likeness (QED) is 0.746. The Hall–Kier alpha value is -1.47. The van der Waals surface area contributed by atoms with Crippen molar-refractivity contribution >= 4 is 11.0 Å². The van der Waals surface area contributed by atoms with Crippen LogP contribution in [0.15, 0.2) is 18.2 Å². The van der Waals surface area contributed by atoms with Crippen molar-refractivity contribution in [2.45, 2.75) is 13.5 Å². The lowest BCUT2D eigenvalue weighted by atomic mass is 10.2. The molecular formula is C17H26N4O2. The van der Waals surface area contributed by atoms with Gasteiger partial charge in [-0.1, -0.05) is 6.07 Å². The molecule has 0 amide bonds. The first-order valence-electron chi connectivity index (χ1n) is 8.33. The molecule has 2 aromatic rings. The van der Waals surface area contributed by atoms with Gasteiger partial charge in [-0.15, -0.1) is 0 Å². The van der Waals surface area contributed by atoms with Crippen LogP contribution in [0.1, 0.15) is 11.4 Å². The summed E-state index contributed by atoms with van der Waals surface area (Å²) in [6.07, 6.45) is 0. The molecule has 1 fully saturated rings. The van der Waals surface area contributed by atoms with Gasteiger partial charge in [0.15, 0.2) is 0 Å². The highest BCUT2D eigenvalue weighted by Gasteiger charge is 2.17. The maximum Gasteiger partial charge on any atom is 0.121 e. The summed E-state index contributed by atoms with van der Waals surface area (Å²) in [6.45, 7) is 9.37. The fourth-order valence-electron chi connectivity index (χ4n) is 2.99. The Morgan fingerprint density at radius 1 is 1.17 bits per heavy atom. The predicted molar refractivity (Wildman–Crippen MR) is 90.5 cm³/mol. The normalized spacial score (nSPS) is 17.1. The number of aliphatic hydroxyl groups excluding tert-OH is 1. The molecule has 23 heavy (non-hydrogen) atoms. The molecule has 1 aliphatic rings. The van der Waals surface area contributed by atoms with Crippen LogP contribution in [0.2, 0.25) is 0 Å². The summed E-state index contributed by atoms with van der Waals surface area (Å²) in [5.41, 5.74) is 3.43. The number of imidazole rings is 1. The molecule has 3 rings (SSSR count). The van der Waals surface area contributed by atoms with Crippen LogP contribution in [-0.4, -0.2) is 77.4 Å². The lowest BCUT2D eigenvalue weighted by molar-refractivity contribution is 0.0560. The Balaban J connectivity index is 1.46. The molecule has 2 heterocycles. The molecule has 6 heteroatoms. The van der Waals surface area contributed by atoms with Crippen LogP contribution in [0, 0.1) is 6.92 Å². The van der Waals surface area contributed by atoms with E-state index in [2.05, 4.69) is 44.9 Å². The SMILES string of the molecule is Cc1ccc2nc(CN3CCN(CCOCCO)CC3)[nH]c2c1. The Morgan fingerprint density at radius 3 is 2.74 bits per heavy atom. The molecule has 0 radical (unpaired) electrons. The zero-order valence-electron chi connectivity index (χ0n) is 13.8. The number of aromatic amines is 1. The van der Waals surface area contributed by atoms with Crippen LogP contribution >= 0.6 is 0 Å². The van der Waals surface area contributed by atoms with Crippen molar-refractivity contribution in [1.82, 2.24) is 19.8 Å². The number of nitrogens with one attached hydrogen (secondary N) is 1. The lowest BCUT2D eigenvalue weighted by Gasteiger charge is -2.34. The van der Waals surface area contributed by atoms with Crippen LogP contribution in [0.3, 0.4) is 0 Å². The molecule has 0 unspecified atom stereocenters. The smallest absolute Gasteiger partial charge is 0.121 e. The first-order valence-corrected chi connectivity index (χ1v) is 8.33. The van der Waals surface area contributed by atoms with Crippen molar-refractivity contribution in [3.05, 3.63) is 29.6 Å². The predicted octanol–water partition coefficient (Wildman–Crippen LogP) is 0.998. The average Bonchev–Trinajstić information content (AvgIpc) is 2.94. The summed E-state index contributed by atoms with van der Waals surface area (Å²) in [5.74, 6) is 1.05. The van der Waals surface area contributed by atoms with E-state index in [0.717, 1.165) is 56.1 Å². The monoisotopic (exact) mass is 318 g/mol. The number of ether oxygens (including phenoxy) is 1. The molecule has 1 aromatic carbocycles. The second-order valence-electron chi connectivity index (χ2n) is 6.16. The second-order valence-corrected chi connectivity index (χ2v) is 6.16. The maximum absolute atomic E-state index is 8.69. The average molecular weight is 318 g/mol. The van der Waals surface area contributed by atoms with E-state index in [9.17, 15) is 0 Å². The van der Waals surface area contributed by atoms with E-state index in [4.69, 9.17) is 9.84 Å². The van der Waals surface area contributed by atoms with Crippen LogP contribution in [-0.2, 0) is 11.3 Å². The summed E-state index contributed by atoms with van der Waals surface area (Å²) >= 11 is 0. The fourth-order valence-corrected chi connectivity index (χ4v) is 2.99. The number of hydrogen-bond donors (Lipinski definition) is 2. The second kappa shape index (κ2) is 7.88. The maximum atomic E-state index is 8.69. The summed E-state index contributed by atoms with van der Waals surface area (Å²) in [7, 11) is 0. The Bertz CT molecular complexity index is 620. The number of aromatic nitrogens is 2. The first kappa shape index (κ1) is 16.4. The zero-order valence-corrected chi connectivity index (χ0v) is 13.8. The van der Waals surface area contributed by atoms with Gasteiger partial charge in [-0.05, 0) is 24.6 Å². The van der Waals surface area contributed by atoms with Gasteiger partial charge in [0.1, 0.15) is 5.82 Å². The molecule has 0 bridgehead atoms.